The lowest BCUT2D eigenvalue weighted by molar-refractivity contribution is 0.0972. The van der Waals surface area contributed by atoms with Crippen molar-refractivity contribution in [1.82, 2.24) is 30.0 Å². The van der Waals surface area contributed by atoms with Crippen molar-refractivity contribution in [1.29, 1.82) is 0 Å². The summed E-state index contributed by atoms with van der Waals surface area (Å²) in [4.78, 5) is 4.98. The summed E-state index contributed by atoms with van der Waals surface area (Å²) in [5.74, 6) is 3.39. The van der Waals surface area contributed by atoms with E-state index in [-0.39, 0.29) is 11.6 Å². The Bertz CT molecular complexity index is 1140. The molecule has 2 aliphatic rings. The second-order valence-corrected chi connectivity index (χ2v) is 9.79. The molecule has 9 nitrogen and oxygen atoms in total. The van der Waals surface area contributed by atoms with Crippen LogP contribution in [-0.4, -0.2) is 70.1 Å². The molecule has 3 aromatic rings. The molecule has 1 aromatic heterocycles. The minimum Gasteiger partial charge on any atom is -0.497 e. The number of piperazine rings is 1. The number of nitrogens with zero attached hydrogens (tertiary/aromatic N) is 6. The predicted octanol–water partition coefficient (Wildman–Crippen LogP) is 3.46. The molecule has 35 heavy (non-hydrogen) atoms. The van der Waals surface area contributed by atoms with E-state index in [1.807, 2.05) is 22.9 Å². The Kier molecular flexibility index (Phi) is 6.62. The van der Waals surface area contributed by atoms with Crippen LogP contribution in [0.25, 0.3) is 0 Å². The summed E-state index contributed by atoms with van der Waals surface area (Å²) in [5, 5.41) is 13.0. The van der Waals surface area contributed by atoms with Gasteiger partial charge in [-0.25, -0.2) is 4.68 Å². The van der Waals surface area contributed by atoms with Gasteiger partial charge in [-0.3, -0.25) is 9.80 Å². The van der Waals surface area contributed by atoms with Crippen molar-refractivity contribution in [3.05, 3.63) is 59.4 Å². The molecule has 1 unspecified atom stereocenters. The Labute approximate surface area is 206 Å². The normalized spacial score (nSPS) is 17.5. The first kappa shape index (κ1) is 23.6. The lowest BCUT2D eigenvalue weighted by Gasteiger charge is -2.39. The largest absolute Gasteiger partial charge is 0.497 e. The van der Waals surface area contributed by atoms with Gasteiger partial charge in [-0.05, 0) is 66.1 Å². The summed E-state index contributed by atoms with van der Waals surface area (Å²) in [6.45, 7) is 11.5. The highest BCUT2D eigenvalue weighted by Gasteiger charge is 2.34. The van der Waals surface area contributed by atoms with Crippen LogP contribution in [0, 0.1) is 0 Å². The van der Waals surface area contributed by atoms with Gasteiger partial charge in [0.1, 0.15) is 5.75 Å². The number of aromatic nitrogens is 4. The third-order valence-corrected chi connectivity index (χ3v) is 7.22. The number of hydrogen-bond donors (Lipinski definition) is 0. The van der Waals surface area contributed by atoms with Crippen molar-refractivity contribution in [2.75, 3.05) is 40.1 Å². The van der Waals surface area contributed by atoms with Crippen LogP contribution in [0.3, 0.4) is 0 Å². The predicted molar refractivity (Wildman–Crippen MR) is 132 cm³/mol. The van der Waals surface area contributed by atoms with Gasteiger partial charge in [0.15, 0.2) is 17.3 Å². The van der Waals surface area contributed by atoms with Gasteiger partial charge in [0.05, 0.1) is 18.7 Å². The maximum Gasteiger partial charge on any atom is 0.231 e. The van der Waals surface area contributed by atoms with E-state index in [2.05, 4.69) is 70.4 Å². The molecule has 0 saturated carbocycles. The fourth-order valence-electron chi connectivity index (χ4n) is 4.73. The molecule has 1 fully saturated rings. The van der Waals surface area contributed by atoms with Crippen molar-refractivity contribution in [3.8, 4) is 17.2 Å². The summed E-state index contributed by atoms with van der Waals surface area (Å²) < 4.78 is 18.4. The third-order valence-electron chi connectivity index (χ3n) is 7.22. The van der Waals surface area contributed by atoms with Crippen LogP contribution in [0.1, 0.15) is 50.2 Å². The van der Waals surface area contributed by atoms with Crippen LogP contribution in [0.15, 0.2) is 42.5 Å². The number of hydrogen-bond acceptors (Lipinski definition) is 8. The number of tetrazole rings is 1. The number of fused-ring (bicyclic) bond motifs is 1. The van der Waals surface area contributed by atoms with Crippen LogP contribution in [0.5, 0.6) is 17.2 Å². The van der Waals surface area contributed by atoms with Crippen LogP contribution in [0.4, 0.5) is 0 Å². The van der Waals surface area contributed by atoms with E-state index in [0.29, 0.717) is 6.79 Å². The molecule has 0 spiro atoms. The number of rotatable bonds is 8. The molecular weight excluding hydrogens is 444 g/mol. The molecule has 0 N–H and O–H groups in total. The quantitative estimate of drug-likeness (QED) is 0.487. The molecule has 0 aliphatic carbocycles. The minimum atomic E-state index is -0.176. The molecule has 0 bridgehead atoms. The molecular formula is C26H34N6O3. The highest BCUT2D eigenvalue weighted by Crippen LogP contribution is 2.34. The van der Waals surface area contributed by atoms with Gasteiger partial charge in [-0.15, -0.1) is 5.10 Å². The summed E-state index contributed by atoms with van der Waals surface area (Å²) in [7, 11) is 1.69. The number of ether oxygens (including phenoxy) is 3. The molecule has 1 saturated heterocycles. The molecule has 3 heterocycles. The first-order valence-electron chi connectivity index (χ1n) is 12.3. The maximum atomic E-state index is 5.55. The zero-order valence-electron chi connectivity index (χ0n) is 21.0. The summed E-state index contributed by atoms with van der Waals surface area (Å²) in [5.41, 5.74) is 2.23. The molecule has 0 radical (unpaired) electrons. The van der Waals surface area contributed by atoms with E-state index in [1.165, 1.54) is 5.56 Å². The molecule has 1 atom stereocenters. The molecule has 2 aliphatic heterocycles. The van der Waals surface area contributed by atoms with Crippen LogP contribution < -0.4 is 14.2 Å². The fourth-order valence-corrected chi connectivity index (χ4v) is 4.73. The van der Waals surface area contributed by atoms with Gasteiger partial charge in [0.2, 0.25) is 6.79 Å². The third kappa shape index (κ3) is 4.83. The first-order valence-corrected chi connectivity index (χ1v) is 12.3. The van der Waals surface area contributed by atoms with Crippen molar-refractivity contribution < 1.29 is 14.2 Å². The summed E-state index contributed by atoms with van der Waals surface area (Å²) in [6.07, 6.45) is 0.934. The standard InChI is InChI=1S/C26H34N6O3/c1-5-26(2,3)32-25(27-28-29-32)24(20-7-9-21(33-4)10-8-20)31-14-12-30(13-15-31)17-19-6-11-22-23(16-19)35-18-34-22/h6-11,16,24H,5,12-15,17-18H2,1-4H3. The Hall–Kier alpha value is -3.17. The van der Waals surface area contributed by atoms with Gasteiger partial charge < -0.3 is 14.2 Å². The van der Waals surface area contributed by atoms with Crippen molar-refractivity contribution in [2.24, 2.45) is 0 Å². The lowest BCUT2D eigenvalue weighted by atomic mass is 9.99. The lowest BCUT2D eigenvalue weighted by Crippen LogP contribution is -2.48. The molecule has 2 aromatic carbocycles. The first-order chi connectivity index (χ1) is 17.0. The average molecular weight is 479 g/mol. The Morgan fingerprint density at radius 1 is 1.00 bits per heavy atom. The van der Waals surface area contributed by atoms with Gasteiger partial charge in [-0.2, -0.15) is 0 Å². The number of methoxy groups -OCH3 is 1. The van der Waals surface area contributed by atoms with E-state index in [9.17, 15) is 0 Å². The van der Waals surface area contributed by atoms with Crippen LogP contribution >= 0.6 is 0 Å². The van der Waals surface area contributed by atoms with Gasteiger partial charge >= 0.3 is 0 Å². The molecule has 186 valence electrons. The molecule has 0 amide bonds. The topological polar surface area (TPSA) is 77.8 Å². The van der Waals surface area contributed by atoms with E-state index in [0.717, 1.165) is 67.8 Å². The highest BCUT2D eigenvalue weighted by atomic mass is 16.7. The Morgan fingerprint density at radius 3 is 2.46 bits per heavy atom. The second-order valence-electron chi connectivity index (χ2n) is 9.79. The van der Waals surface area contributed by atoms with Crippen molar-refractivity contribution in [2.45, 2.75) is 45.3 Å². The van der Waals surface area contributed by atoms with E-state index in [1.54, 1.807) is 7.11 Å². The van der Waals surface area contributed by atoms with E-state index >= 15 is 0 Å². The second kappa shape index (κ2) is 9.83. The van der Waals surface area contributed by atoms with Gasteiger partial charge in [-0.1, -0.05) is 25.1 Å². The Balaban J connectivity index is 1.36. The van der Waals surface area contributed by atoms with Crippen molar-refractivity contribution in [3.63, 3.8) is 0 Å². The molecule has 5 rings (SSSR count). The fraction of sp³-hybridized carbons (Fsp3) is 0.500. The van der Waals surface area contributed by atoms with Crippen molar-refractivity contribution >= 4 is 0 Å². The van der Waals surface area contributed by atoms with E-state index < -0.39 is 0 Å². The zero-order valence-corrected chi connectivity index (χ0v) is 21.0. The minimum absolute atomic E-state index is 0.0329. The zero-order chi connectivity index (χ0) is 24.4. The number of benzene rings is 2. The summed E-state index contributed by atoms with van der Waals surface area (Å²) >= 11 is 0. The average Bonchev–Trinajstić information content (AvgIpc) is 3.56. The van der Waals surface area contributed by atoms with Crippen LogP contribution in [-0.2, 0) is 12.1 Å². The monoisotopic (exact) mass is 478 g/mol. The highest BCUT2D eigenvalue weighted by molar-refractivity contribution is 5.44. The summed E-state index contributed by atoms with van der Waals surface area (Å²) in [6, 6.07) is 14.5. The smallest absolute Gasteiger partial charge is 0.231 e. The van der Waals surface area contributed by atoms with E-state index in [4.69, 9.17) is 14.2 Å². The Morgan fingerprint density at radius 2 is 1.74 bits per heavy atom. The maximum absolute atomic E-state index is 5.55. The van der Waals surface area contributed by atoms with Gasteiger partial charge in [0, 0.05) is 32.7 Å². The SMILES string of the molecule is CCC(C)(C)n1nnnc1C(c1ccc(OC)cc1)N1CCN(Cc2ccc3c(c2)OCO3)CC1. The van der Waals surface area contributed by atoms with Gasteiger partial charge in [0.25, 0.3) is 0 Å². The van der Waals surface area contributed by atoms with Crippen LogP contribution in [0.2, 0.25) is 0 Å². The molecule has 9 heteroatoms.